The highest BCUT2D eigenvalue weighted by molar-refractivity contribution is 5.89. The number of nitrogens with one attached hydrogen (secondary N) is 2. The molecule has 2 N–H and O–H groups in total. The normalized spacial score (nSPS) is 10.5. The summed E-state index contributed by atoms with van der Waals surface area (Å²) in [5, 5.41) is 9.38. The van der Waals surface area contributed by atoms with Gasteiger partial charge in [0.05, 0.1) is 0 Å². The molecule has 1 amide bonds. The van der Waals surface area contributed by atoms with Gasteiger partial charge in [-0.05, 0) is 12.8 Å². The number of carbonyl (C=O) groups is 1. The fraction of sp³-hybridized carbons (Fsp3) is 0.556. The second-order valence-corrected chi connectivity index (χ2v) is 3.58. The van der Waals surface area contributed by atoms with Gasteiger partial charge < -0.3 is 5.32 Å². The lowest BCUT2D eigenvalue weighted by Gasteiger charge is -2.03. The topological polar surface area (TPSA) is 57.8 Å². The van der Waals surface area contributed by atoms with E-state index < -0.39 is 0 Å². The molecule has 13 heavy (non-hydrogen) atoms. The van der Waals surface area contributed by atoms with Gasteiger partial charge in [-0.25, -0.2) is 0 Å². The number of aromatic amines is 1. The van der Waals surface area contributed by atoms with Gasteiger partial charge in [-0.2, -0.15) is 5.10 Å². The van der Waals surface area contributed by atoms with Crippen molar-refractivity contribution >= 4 is 11.7 Å². The molecule has 0 fully saturated rings. The number of rotatable bonds is 3. The molecule has 4 heteroatoms. The van der Waals surface area contributed by atoms with Gasteiger partial charge in [0.25, 0.3) is 0 Å². The molecular formula is C9H15N3O. The Bertz CT molecular complexity index is 291. The molecule has 0 aromatic carbocycles. The average Bonchev–Trinajstić information content (AvgIpc) is 2.33. The van der Waals surface area contributed by atoms with Gasteiger partial charge in [0, 0.05) is 18.2 Å². The van der Waals surface area contributed by atoms with Gasteiger partial charge in [-0.3, -0.25) is 9.89 Å². The SMILES string of the molecule is Cc1cc(NC(=O)CC(C)C)n[nH]1. The molecule has 0 saturated heterocycles. The van der Waals surface area contributed by atoms with Gasteiger partial charge in [-0.15, -0.1) is 0 Å². The first-order valence-electron chi connectivity index (χ1n) is 4.40. The molecule has 0 radical (unpaired) electrons. The van der Waals surface area contributed by atoms with Crippen molar-refractivity contribution in [3.8, 4) is 0 Å². The summed E-state index contributed by atoms with van der Waals surface area (Å²) in [5.74, 6) is 0.990. The summed E-state index contributed by atoms with van der Waals surface area (Å²) in [6.45, 7) is 5.91. The fourth-order valence-corrected chi connectivity index (χ4v) is 1.05. The van der Waals surface area contributed by atoms with E-state index in [4.69, 9.17) is 0 Å². The molecule has 0 aliphatic heterocycles. The van der Waals surface area contributed by atoms with E-state index in [9.17, 15) is 4.79 Å². The molecule has 1 aromatic heterocycles. The number of amides is 1. The van der Waals surface area contributed by atoms with Crippen molar-refractivity contribution in [2.24, 2.45) is 5.92 Å². The third-order valence-electron chi connectivity index (χ3n) is 1.57. The molecule has 0 atom stereocenters. The number of carbonyl (C=O) groups excluding carboxylic acids is 1. The van der Waals surface area contributed by atoms with E-state index in [2.05, 4.69) is 15.5 Å². The van der Waals surface area contributed by atoms with E-state index in [1.165, 1.54) is 0 Å². The number of nitrogens with zero attached hydrogens (tertiary/aromatic N) is 1. The van der Waals surface area contributed by atoms with Crippen molar-refractivity contribution in [2.45, 2.75) is 27.2 Å². The van der Waals surface area contributed by atoms with Gasteiger partial charge in [0.15, 0.2) is 5.82 Å². The largest absolute Gasteiger partial charge is 0.309 e. The van der Waals surface area contributed by atoms with Crippen LogP contribution in [0, 0.1) is 12.8 Å². The van der Waals surface area contributed by atoms with Crippen molar-refractivity contribution in [3.05, 3.63) is 11.8 Å². The van der Waals surface area contributed by atoms with E-state index in [0.29, 0.717) is 18.2 Å². The Kier molecular flexibility index (Phi) is 3.06. The Morgan fingerprint density at radius 3 is 2.85 bits per heavy atom. The van der Waals surface area contributed by atoms with Gasteiger partial charge in [0.2, 0.25) is 5.91 Å². The second-order valence-electron chi connectivity index (χ2n) is 3.58. The molecule has 0 aliphatic rings. The van der Waals surface area contributed by atoms with Crippen molar-refractivity contribution < 1.29 is 4.79 Å². The summed E-state index contributed by atoms with van der Waals surface area (Å²) in [6.07, 6.45) is 0.534. The predicted octanol–water partition coefficient (Wildman–Crippen LogP) is 1.70. The Hall–Kier alpha value is -1.32. The van der Waals surface area contributed by atoms with Crippen molar-refractivity contribution in [3.63, 3.8) is 0 Å². The molecular weight excluding hydrogens is 166 g/mol. The minimum atomic E-state index is 0.0153. The monoisotopic (exact) mass is 181 g/mol. The van der Waals surface area contributed by atoms with E-state index in [-0.39, 0.29) is 5.91 Å². The Morgan fingerprint density at radius 2 is 2.38 bits per heavy atom. The van der Waals surface area contributed by atoms with Crippen LogP contribution in [0.25, 0.3) is 0 Å². The maximum absolute atomic E-state index is 11.3. The lowest BCUT2D eigenvalue weighted by atomic mass is 10.1. The van der Waals surface area contributed by atoms with Crippen LogP contribution in [-0.2, 0) is 4.79 Å². The number of hydrogen-bond donors (Lipinski definition) is 2. The van der Waals surface area contributed by atoms with Crippen LogP contribution < -0.4 is 5.32 Å². The highest BCUT2D eigenvalue weighted by atomic mass is 16.1. The Balaban J connectivity index is 2.45. The maximum Gasteiger partial charge on any atom is 0.225 e. The molecule has 0 saturated carbocycles. The van der Waals surface area contributed by atoms with Crippen LogP contribution in [0.2, 0.25) is 0 Å². The molecule has 0 aliphatic carbocycles. The van der Waals surface area contributed by atoms with Crippen LogP contribution in [0.1, 0.15) is 26.0 Å². The molecule has 72 valence electrons. The van der Waals surface area contributed by atoms with Crippen LogP contribution in [-0.4, -0.2) is 16.1 Å². The Morgan fingerprint density at radius 1 is 1.69 bits per heavy atom. The molecule has 0 bridgehead atoms. The molecule has 1 aromatic rings. The lowest BCUT2D eigenvalue weighted by Crippen LogP contribution is -2.13. The molecule has 1 heterocycles. The maximum atomic E-state index is 11.3. The zero-order valence-electron chi connectivity index (χ0n) is 8.22. The highest BCUT2D eigenvalue weighted by Crippen LogP contribution is 2.06. The summed E-state index contributed by atoms with van der Waals surface area (Å²) in [7, 11) is 0. The van der Waals surface area contributed by atoms with Crippen LogP contribution >= 0.6 is 0 Å². The predicted molar refractivity (Wildman–Crippen MR) is 51.4 cm³/mol. The van der Waals surface area contributed by atoms with Gasteiger partial charge in [-0.1, -0.05) is 13.8 Å². The third kappa shape index (κ3) is 3.27. The first-order chi connectivity index (χ1) is 6.08. The second kappa shape index (κ2) is 4.07. The van der Waals surface area contributed by atoms with Crippen molar-refractivity contribution in [1.29, 1.82) is 0 Å². The summed E-state index contributed by atoms with van der Waals surface area (Å²) < 4.78 is 0. The first kappa shape index (κ1) is 9.77. The first-order valence-corrected chi connectivity index (χ1v) is 4.40. The van der Waals surface area contributed by atoms with Crippen molar-refractivity contribution in [2.75, 3.05) is 5.32 Å². The summed E-state index contributed by atoms with van der Waals surface area (Å²) in [4.78, 5) is 11.3. The van der Waals surface area contributed by atoms with E-state index in [1.54, 1.807) is 6.07 Å². The number of anilines is 1. The summed E-state index contributed by atoms with van der Waals surface area (Å²) in [6, 6.07) is 1.80. The highest BCUT2D eigenvalue weighted by Gasteiger charge is 2.06. The molecule has 0 spiro atoms. The molecule has 4 nitrogen and oxygen atoms in total. The summed E-state index contributed by atoms with van der Waals surface area (Å²) in [5.41, 5.74) is 0.944. The average molecular weight is 181 g/mol. The fourth-order valence-electron chi connectivity index (χ4n) is 1.05. The van der Waals surface area contributed by atoms with Crippen LogP contribution in [0.15, 0.2) is 6.07 Å². The third-order valence-corrected chi connectivity index (χ3v) is 1.57. The van der Waals surface area contributed by atoms with E-state index >= 15 is 0 Å². The van der Waals surface area contributed by atoms with Gasteiger partial charge >= 0.3 is 0 Å². The minimum Gasteiger partial charge on any atom is -0.309 e. The van der Waals surface area contributed by atoms with Crippen LogP contribution in [0.4, 0.5) is 5.82 Å². The molecule has 0 unspecified atom stereocenters. The Labute approximate surface area is 77.7 Å². The summed E-state index contributed by atoms with van der Waals surface area (Å²) >= 11 is 0. The minimum absolute atomic E-state index is 0.0153. The zero-order chi connectivity index (χ0) is 9.84. The number of hydrogen-bond acceptors (Lipinski definition) is 2. The quantitative estimate of drug-likeness (QED) is 0.745. The number of aryl methyl sites for hydroxylation is 1. The van der Waals surface area contributed by atoms with Crippen molar-refractivity contribution in [1.82, 2.24) is 10.2 Å². The van der Waals surface area contributed by atoms with Gasteiger partial charge in [0.1, 0.15) is 0 Å². The standard InChI is InChI=1S/C9H15N3O/c1-6(2)4-9(13)10-8-5-7(3)11-12-8/h5-6H,4H2,1-3H3,(H2,10,11,12,13). The number of aromatic nitrogens is 2. The lowest BCUT2D eigenvalue weighted by molar-refractivity contribution is -0.116. The van der Waals surface area contributed by atoms with E-state index in [0.717, 1.165) is 5.69 Å². The smallest absolute Gasteiger partial charge is 0.225 e. The zero-order valence-corrected chi connectivity index (χ0v) is 8.22. The number of H-pyrrole nitrogens is 1. The van der Waals surface area contributed by atoms with E-state index in [1.807, 2.05) is 20.8 Å². The van der Waals surface area contributed by atoms with Crippen LogP contribution in [0.3, 0.4) is 0 Å². The molecule has 1 rings (SSSR count). The van der Waals surface area contributed by atoms with Crippen LogP contribution in [0.5, 0.6) is 0 Å².